The Labute approximate surface area is 298 Å². The first-order valence-corrected chi connectivity index (χ1v) is 18.0. The standard InChI is InChI=1S/C48H48N2/c1-31(2)37-13-18-40(19-14-37)49(43-25-33(5)23-34(6)26-43)42-22-17-39-29-48(46-12-10-9-11-45(46)47(39)30-42)50(44-27-35(7)24-36(8)28-44)41-20-15-38(16-21-41)32(3)4/h9-32H,1-8H3. The molecule has 0 saturated carbocycles. The van der Waals surface area contributed by atoms with Crippen LogP contribution in [0.15, 0.2) is 133 Å². The second-order valence-corrected chi connectivity index (χ2v) is 14.7. The van der Waals surface area contributed by atoms with Crippen LogP contribution in [0.4, 0.5) is 34.1 Å². The van der Waals surface area contributed by atoms with Crippen molar-refractivity contribution in [1.82, 2.24) is 0 Å². The normalized spacial score (nSPS) is 11.6. The highest BCUT2D eigenvalue weighted by atomic mass is 15.1. The molecule has 7 aromatic carbocycles. The van der Waals surface area contributed by atoms with Gasteiger partial charge in [-0.2, -0.15) is 0 Å². The van der Waals surface area contributed by atoms with E-state index < -0.39 is 0 Å². The number of benzene rings is 7. The molecule has 0 aliphatic heterocycles. The molecule has 7 aromatic rings. The zero-order valence-electron chi connectivity index (χ0n) is 30.8. The number of fused-ring (bicyclic) bond motifs is 3. The lowest BCUT2D eigenvalue weighted by atomic mass is 9.97. The summed E-state index contributed by atoms with van der Waals surface area (Å²) < 4.78 is 0. The summed E-state index contributed by atoms with van der Waals surface area (Å²) in [5.74, 6) is 0.960. The molecule has 0 heterocycles. The van der Waals surface area contributed by atoms with Gasteiger partial charge < -0.3 is 9.80 Å². The van der Waals surface area contributed by atoms with Crippen molar-refractivity contribution in [3.05, 3.63) is 167 Å². The van der Waals surface area contributed by atoms with E-state index in [2.05, 4.69) is 199 Å². The van der Waals surface area contributed by atoms with Gasteiger partial charge >= 0.3 is 0 Å². The van der Waals surface area contributed by atoms with Crippen molar-refractivity contribution in [2.75, 3.05) is 9.80 Å². The van der Waals surface area contributed by atoms with Crippen LogP contribution in [-0.4, -0.2) is 0 Å². The van der Waals surface area contributed by atoms with E-state index >= 15 is 0 Å². The van der Waals surface area contributed by atoms with E-state index in [0.29, 0.717) is 11.8 Å². The van der Waals surface area contributed by atoms with Crippen LogP contribution in [0, 0.1) is 27.7 Å². The molecule has 2 heteroatoms. The zero-order valence-corrected chi connectivity index (χ0v) is 30.8. The number of aryl methyl sites for hydroxylation is 4. The minimum Gasteiger partial charge on any atom is -0.310 e. The lowest BCUT2D eigenvalue weighted by Crippen LogP contribution is -2.12. The fourth-order valence-electron chi connectivity index (χ4n) is 7.44. The van der Waals surface area contributed by atoms with Gasteiger partial charge in [0, 0.05) is 33.8 Å². The average molecular weight is 653 g/mol. The Morgan fingerprint density at radius 1 is 0.360 bits per heavy atom. The van der Waals surface area contributed by atoms with E-state index in [1.165, 1.54) is 72.0 Å². The van der Waals surface area contributed by atoms with Crippen LogP contribution in [0.3, 0.4) is 0 Å². The molecule has 250 valence electrons. The second-order valence-electron chi connectivity index (χ2n) is 14.7. The monoisotopic (exact) mass is 652 g/mol. The summed E-state index contributed by atoms with van der Waals surface area (Å²) in [6.45, 7) is 17.8. The molecule has 0 aliphatic rings. The van der Waals surface area contributed by atoms with E-state index in [1.54, 1.807) is 0 Å². The highest BCUT2D eigenvalue weighted by Gasteiger charge is 2.20. The fourth-order valence-corrected chi connectivity index (χ4v) is 7.44. The summed E-state index contributed by atoms with van der Waals surface area (Å²) >= 11 is 0. The number of hydrogen-bond acceptors (Lipinski definition) is 2. The van der Waals surface area contributed by atoms with Crippen LogP contribution in [0.2, 0.25) is 0 Å². The molecular formula is C48H48N2. The van der Waals surface area contributed by atoms with Crippen LogP contribution < -0.4 is 9.80 Å². The first-order chi connectivity index (χ1) is 24.0. The van der Waals surface area contributed by atoms with Crippen molar-refractivity contribution in [2.24, 2.45) is 0 Å². The van der Waals surface area contributed by atoms with Crippen molar-refractivity contribution in [3.8, 4) is 0 Å². The Kier molecular flexibility index (Phi) is 8.97. The molecule has 0 bridgehead atoms. The predicted octanol–water partition coefficient (Wildman–Crippen LogP) is 14.4. The van der Waals surface area contributed by atoms with Gasteiger partial charge in [-0.3, -0.25) is 0 Å². The van der Waals surface area contributed by atoms with Gasteiger partial charge in [0.15, 0.2) is 0 Å². The Bertz CT molecular complexity index is 2270. The molecule has 2 nitrogen and oxygen atoms in total. The smallest absolute Gasteiger partial charge is 0.0546 e. The van der Waals surface area contributed by atoms with Gasteiger partial charge in [0.25, 0.3) is 0 Å². The molecule has 0 unspecified atom stereocenters. The molecule has 50 heavy (non-hydrogen) atoms. The van der Waals surface area contributed by atoms with E-state index in [4.69, 9.17) is 0 Å². The molecule has 0 saturated heterocycles. The first kappa shape index (κ1) is 33.2. The van der Waals surface area contributed by atoms with E-state index in [9.17, 15) is 0 Å². The summed E-state index contributed by atoms with van der Waals surface area (Å²) in [7, 11) is 0. The molecule has 0 amide bonds. The van der Waals surface area contributed by atoms with Gasteiger partial charge in [0.1, 0.15) is 0 Å². The molecule has 7 rings (SSSR count). The lowest BCUT2D eigenvalue weighted by Gasteiger charge is -2.29. The summed E-state index contributed by atoms with van der Waals surface area (Å²) in [5.41, 5.74) is 14.7. The SMILES string of the molecule is Cc1cc(C)cc(N(c2ccc(C(C)C)cc2)c2ccc3cc(N(c4ccc(C(C)C)cc4)c4cc(C)cc(C)c4)c4ccccc4c3c2)c1. The fraction of sp³-hybridized carbons (Fsp3) is 0.208. The van der Waals surface area contributed by atoms with Gasteiger partial charge in [0.05, 0.1) is 5.69 Å². The third-order valence-electron chi connectivity index (χ3n) is 9.89. The molecule has 0 aliphatic carbocycles. The Morgan fingerprint density at radius 3 is 1.30 bits per heavy atom. The maximum absolute atomic E-state index is 2.44. The van der Waals surface area contributed by atoms with Crippen molar-refractivity contribution in [3.63, 3.8) is 0 Å². The Balaban J connectivity index is 1.45. The second kappa shape index (κ2) is 13.5. The van der Waals surface area contributed by atoms with Crippen LogP contribution in [0.1, 0.15) is 72.9 Å². The summed E-state index contributed by atoms with van der Waals surface area (Å²) in [6.07, 6.45) is 0. The average Bonchev–Trinajstić information content (AvgIpc) is 3.08. The quantitative estimate of drug-likeness (QED) is 0.151. The highest BCUT2D eigenvalue weighted by Crippen LogP contribution is 2.45. The van der Waals surface area contributed by atoms with Crippen molar-refractivity contribution < 1.29 is 0 Å². The summed E-state index contributed by atoms with van der Waals surface area (Å²) in [6, 6.07) is 50.1. The Hall–Kier alpha value is -5.34. The van der Waals surface area contributed by atoms with Crippen LogP contribution in [0.25, 0.3) is 21.5 Å². The van der Waals surface area contributed by atoms with Gasteiger partial charge in [-0.15, -0.1) is 0 Å². The number of anilines is 6. The zero-order chi connectivity index (χ0) is 35.1. The van der Waals surface area contributed by atoms with E-state index in [-0.39, 0.29) is 0 Å². The highest BCUT2D eigenvalue weighted by molar-refractivity contribution is 6.15. The van der Waals surface area contributed by atoms with Gasteiger partial charge in [-0.05, 0) is 156 Å². The maximum Gasteiger partial charge on any atom is 0.0546 e. The van der Waals surface area contributed by atoms with Gasteiger partial charge in [0.2, 0.25) is 0 Å². The summed E-state index contributed by atoms with van der Waals surface area (Å²) in [4.78, 5) is 4.85. The molecule has 0 fully saturated rings. The molecule has 0 spiro atoms. The van der Waals surface area contributed by atoms with Crippen molar-refractivity contribution >= 4 is 55.7 Å². The molecule has 0 radical (unpaired) electrons. The predicted molar refractivity (Wildman–Crippen MR) is 218 cm³/mol. The van der Waals surface area contributed by atoms with Crippen LogP contribution in [0.5, 0.6) is 0 Å². The van der Waals surface area contributed by atoms with Crippen LogP contribution in [-0.2, 0) is 0 Å². The van der Waals surface area contributed by atoms with Crippen LogP contribution >= 0.6 is 0 Å². The minimum absolute atomic E-state index is 0.478. The van der Waals surface area contributed by atoms with Gasteiger partial charge in [-0.1, -0.05) is 94.4 Å². The largest absolute Gasteiger partial charge is 0.310 e. The molecule has 0 atom stereocenters. The van der Waals surface area contributed by atoms with Crippen molar-refractivity contribution in [2.45, 2.75) is 67.2 Å². The Morgan fingerprint density at radius 2 is 0.800 bits per heavy atom. The third kappa shape index (κ3) is 6.51. The number of nitrogens with zero attached hydrogens (tertiary/aromatic N) is 2. The topological polar surface area (TPSA) is 6.48 Å². The van der Waals surface area contributed by atoms with Crippen molar-refractivity contribution in [1.29, 1.82) is 0 Å². The van der Waals surface area contributed by atoms with E-state index in [1.807, 2.05) is 0 Å². The molecular weight excluding hydrogens is 605 g/mol. The maximum atomic E-state index is 2.44. The third-order valence-corrected chi connectivity index (χ3v) is 9.89. The molecule has 0 N–H and O–H groups in total. The minimum atomic E-state index is 0.478. The molecule has 0 aromatic heterocycles. The lowest BCUT2D eigenvalue weighted by molar-refractivity contribution is 0.866. The van der Waals surface area contributed by atoms with E-state index in [0.717, 1.165) is 17.1 Å². The first-order valence-electron chi connectivity index (χ1n) is 18.0. The number of rotatable bonds is 8. The van der Waals surface area contributed by atoms with Gasteiger partial charge in [-0.25, -0.2) is 0 Å². The number of hydrogen-bond donors (Lipinski definition) is 0. The summed E-state index contributed by atoms with van der Waals surface area (Å²) in [5, 5.41) is 4.92.